The molecule has 0 bridgehead atoms. The molecule has 0 aliphatic heterocycles. The molecular weight excluding hydrogens is 203 g/mol. The molecule has 0 aromatic rings. The first-order valence-corrected chi connectivity index (χ1v) is 4.91. The summed E-state index contributed by atoms with van der Waals surface area (Å²) in [5, 5.41) is 0. The average molecular weight is 222 g/mol. The fraction of sp³-hybridized carbons (Fsp3) is 0.333. The molecule has 0 N–H and O–H groups in total. The van der Waals surface area contributed by atoms with Crippen LogP contribution in [0.25, 0.3) is 0 Å². The maximum absolute atomic E-state index is 4.16. The van der Waals surface area contributed by atoms with E-state index in [9.17, 15) is 0 Å². The van der Waals surface area contributed by atoms with Crippen LogP contribution in [0.5, 0.6) is 0 Å². The normalized spacial score (nSPS) is 10.6. The molecule has 0 amide bonds. The van der Waals surface area contributed by atoms with Crippen LogP contribution in [0.15, 0.2) is 48.0 Å². The Kier molecular flexibility index (Phi) is 16.1. The van der Waals surface area contributed by atoms with Crippen molar-refractivity contribution in [2.75, 3.05) is 0 Å². The fourth-order valence-corrected chi connectivity index (χ4v) is 0.559. The van der Waals surface area contributed by atoms with Gasteiger partial charge < -0.3 is 0 Å². The van der Waals surface area contributed by atoms with Gasteiger partial charge in [0, 0.05) is 0 Å². The Balaban J connectivity index is 0. The van der Waals surface area contributed by atoms with Crippen molar-refractivity contribution >= 4 is 0 Å². The van der Waals surface area contributed by atoms with Gasteiger partial charge in [0.25, 0.3) is 0 Å². The van der Waals surface area contributed by atoms with Crippen molar-refractivity contribution in [3.63, 3.8) is 0 Å². The summed E-state index contributed by atoms with van der Waals surface area (Å²) in [6, 6.07) is 0. The summed E-state index contributed by atoms with van der Waals surface area (Å²) in [6.07, 6.45) is 11.9. The zero-order chi connectivity index (χ0) is 10.5. The van der Waals surface area contributed by atoms with Crippen LogP contribution >= 0.6 is 0 Å². The first-order chi connectivity index (χ1) is 6.18. The van der Waals surface area contributed by atoms with E-state index < -0.39 is 0 Å². The van der Waals surface area contributed by atoms with E-state index in [1.165, 1.54) is 6.42 Å². The summed E-state index contributed by atoms with van der Waals surface area (Å²) in [5.74, 6) is 0. The van der Waals surface area contributed by atoms with Crippen molar-refractivity contribution in [1.29, 1.82) is 0 Å². The predicted octanol–water partition coefficient (Wildman–Crippen LogP) is 4.15. The van der Waals surface area contributed by atoms with Crippen LogP contribution in [-0.4, -0.2) is 0 Å². The van der Waals surface area contributed by atoms with Crippen LogP contribution in [0, 0.1) is 0 Å². The summed E-state index contributed by atoms with van der Waals surface area (Å²) in [6.45, 7) is 10.9. The van der Waals surface area contributed by atoms with Crippen molar-refractivity contribution in [3.8, 4) is 0 Å². The van der Waals surface area contributed by atoms with E-state index in [2.05, 4.69) is 41.9 Å². The molecule has 0 aromatic heterocycles. The zero-order valence-electron chi connectivity index (χ0n) is 8.55. The van der Waals surface area contributed by atoms with E-state index in [1.54, 1.807) is 12.2 Å². The molecule has 0 nitrogen and oxygen atoms in total. The Bertz CT molecular complexity index is 166. The molecule has 13 heavy (non-hydrogen) atoms. The van der Waals surface area contributed by atoms with Crippen LogP contribution in [0.1, 0.15) is 26.7 Å². The monoisotopic (exact) mass is 222 g/mol. The van der Waals surface area contributed by atoms with Gasteiger partial charge in [0.1, 0.15) is 0 Å². The summed E-state index contributed by atoms with van der Waals surface area (Å²) >= 11 is 4.16. The first-order valence-electron chi connectivity index (χ1n) is 4.39. The van der Waals surface area contributed by atoms with E-state index in [4.69, 9.17) is 0 Å². The summed E-state index contributed by atoms with van der Waals surface area (Å²) in [4.78, 5) is 0. The van der Waals surface area contributed by atoms with Gasteiger partial charge in [-0.2, -0.15) is 0 Å². The van der Waals surface area contributed by atoms with Crippen LogP contribution in [0.2, 0.25) is 0 Å². The van der Waals surface area contributed by atoms with E-state index in [-0.39, 0.29) is 0 Å². The Morgan fingerprint density at radius 2 is 1.85 bits per heavy atom. The van der Waals surface area contributed by atoms with Gasteiger partial charge >= 0.3 is 65.2 Å². The fourth-order valence-electron chi connectivity index (χ4n) is 0.459. The van der Waals surface area contributed by atoms with Crippen LogP contribution < -0.4 is 0 Å². The van der Waals surface area contributed by atoms with Crippen LogP contribution in [0.4, 0.5) is 0 Å². The molecular formula is C12H19Co. The molecule has 0 aliphatic carbocycles. The second-order valence-electron chi connectivity index (χ2n) is 2.41. The van der Waals surface area contributed by atoms with Crippen molar-refractivity contribution in [1.82, 2.24) is 0 Å². The van der Waals surface area contributed by atoms with E-state index >= 15 is 0 Å². The second kappa shape index (κ2) is 14.0. The Morgan fingerprint density at radius 1 is 1.31 bits per heavy atom. The molecule has 0 spiro atoms. The molecule has 0 radical (unpaired) electrons. The van der Waals surface area contributed by atoms with Gasteiger partial charge in [0.05, 0.1) is 0 Å². The minimum absolute atomic E-state index is 1.05. The third-order valence-electron chi connectivity index (χ3n) is 1.08. The van der Waals surface area contributed by atoms with Crippen molar-refractivity contribution < 1.29 is 15.7 Å². The van der Waals surface area contributed by atoms with Crippen molar-refractivity contribution in [2.45, 2.75) is 26.7 Å². The number of hydrogen-bond donors (Lipinski definition) is 0. The minimum atomic E-state index is 1.05. The van der Waals surface area contributed by atoms with Gasteiger partial charge in [0.15, 0.2) is 0 Å². The second-order valence-corrected chi connectivity index (χ2v) is 3.23. The number of unbranched alkanes of at least 4 members (excludes halogenated alkanes) is 1. The van der Waals surface area contributed by atoms with Gasteiger partial charge in [-0.3, -0.25) is 0 Å². The molecule has 0 atom stereocenters. The molecule has 0 heterocycles. The summed E-state index contributed by atoms with van der Waals surface area (Å²) in [7, 11) is 0. The van der Waals surface area contributed by atoms with Gasteiger partial charge in [-0.25, -0.2) is 0 Å². The van der Waals surface area contributed by atoms with Crippen LogP contribution in [0.3, 0.4) is 0 Å². The first kappa shape index (κ1) is 15.0. The molecule has 0 saturated heterocycles. The summed E-state index contributed by atoms with van der Waals surface area (Å²) < 4.78 is 1.05. The van der Waals surface area contributed by atoms with Crippen molar-refractivity contribution in [3.05, 3.63) is 48.0 Å². The third-order valence-corrected chi connectivity index (χ3v) is 1.25. The average Bonchev–Trinajstić information content (AvgIpc) is 2.13. The molecule has 0 rings (SSSR count). The predicted molar refractivity (Wildman–Crippen MR) is 58.2 cm³/mol. The topological polar surface area (TPSA) is 0 Å². The number of rotatable bonds is 4. The van der Waals surface area contributed by atoms with E-state index in [1.807, 2.05) is 19.1 Å². The molecule has 0 fully saturated rings. The standard InChI is InChI=1S/C8H13.C4H6.Co/c1-3-5-7-8-6-4-2;1-3-4-2;/h6-8H,3,5H2,1-2H3;3-4H,1-2H2;. The van der Waals surface area contributed by atoms with Crippen LogP contribution in [-0.2, 0) is 15.7 Å². The van der Waals surface area contributed by atoms with Gasteiger partial charge in [-0.05, 0) is 0 Å². The number of hydrogen-bond acceptors (Lipinski definition) is 0. The zero-order valence-corrected chi connectivity index (χ0v) is 9.59. The SMILES string of the molecule is C=CC=C.CCCC=CC=[C](C)[Co]. The Hall–Kier alpha value is -0.534. The maximum atomic E-state index is 4.16. The molecule has 0 aliphatic rings. The molecule has 76 valence electrons. The van der Waals surface area contributed by atoms with Gasteiger partial charge in [-0.1, -0.05) is 25.3 Å². The molecule has 0 unspecified atom stereocenters. The van der Waals surface area contributed by atoms with Crippen molar-refractivity contribution in [2.24, 2.45) is 0 Å². The Morgan fingerprint density at radius 3 is 2.15 bits per heavy atom. The van der Waals surface area contributed by atoms with E-state index in [0.29, 0.717) is 0 Å². The van der Waals surface area contributed by atoms with Gasteiger partial charge in [-0.15, -0.1) is 0 Å². The quantitative estimate of drug-likeness (QED) is 0.627. The van der Waals surface area contributed by atoms with Gasteiger partial charge in [0.2, 0.25) is 0 Å². The Labute approximate surface area is 90.7 Å². The molecule has 1 heteroatoms. The summed E-state index contributed by atoms with van der Waals surface area (Å²) in [5.41, 5.74) is 0. The van der Waals surface area contributed by atoms with E-state index in [0.717, 1.165) is 10.9 Å². The number of allylic oxidation sites excluding steroid dienone is 6. The molecule has 0 saturated carbocycles. The third kappa shape index (κ3) is 24.6. The molecule has 0 aromatic carbocycles.